The zero-order valence-electron chi connectivity index (χ0n) is 20.3. The van der Waals surface area contributed by atoms with Crippen molar-refractivity contribution in [3.05, 3.63) is 53.6 Å². The van der Waals surface area contributed by atoms with Gasteiger partial charge in [0.2, 0.25) is 0 Å². The summed E-state index contributed by atoms with van der Waals surface area (Å²) < 4.78 is 23.0. The molecular formula is C27H39NO4. The Bertz CT molecular complexity index is 853. The molecule has 1 fully saturated rings. The smallest absolute Gasteiger partial charge is 0.161 e. The second-order valence-electron chi connectivity index (χ2n) is 8.93. The van der Waals surface area contributed by atoms with E-state index in [-0.39, 0.29) is 11.5 Å². The van der Waals surface area contributed by atoms with E-state index < -0.39 is 0 Å². The van der Waals surface area contributed by atoms with Crippen molar-refractivity contribution in [2.24, 2.45) is 5.92 Å². The molecule has 0 unspecified atom stereocenters. The van der Waals surface area contributed by atoms with Crippen molar-refractivity contribution in [3.63, 3.8) is 0 Å². The quantitative estimate of drug-likeness (QED) is 0.476. The van der Waals surface area contributed by atoms with E-state index in [0.29, 0.717) is 12.5 Å². The van der Waals surface area contributed by atoms with Crippen LogP contribution in [0.15, 0.2) is 42.5 Å². The average Bonchev–Trinajstić information content (AvgIpc) is 2.82. The van der Waals surface area contributed by atoms with E-state index in [9.17, 15) is 0 Å². The third-order valence-electron chi connectivity index (χ3n) is 6.56. The minimum Gasteiger partial charge on any atom is -0.496 e. The van der Waals surface area contributed by atoms with Crippen LogP contribution in [0.4, 0.5) is 0 Å². The van der Waals surface area contributed by atoms with Gasteiger partial charge in [0.25, 0.3) is 0 Å². The molecular weight excluding hydrogens is 402 g/mol. The van der Waals surface area contributed by atoms with Gasteiger partial charge in [-0.25, -0.2) is 0 Å². The first kappa shape index (κ1) is 24.4. The molecule has 1 saturated heterocycles. The standard InChI is InChI=1S/C27H39NO4/c1-6-31-24-12-11-21(17-25(24)30-5)19-28-15-13-27(14-16-32-26(18-27)20(2)3)22-9-7-8-10-23(22)29-4/h7-12,17,20,26,28H,6,13-16,18-19H2,1-5H3/t26-,27+/m0/s1. The van der Waals surface area contributed by atoms with Gasteiger partial charge in [-0.1, -0.05) is 38.1 Å². The molecule has 2 aromatic carbocycles. The molecule has 0 amide bonds. The molecule has 1 N–H and O–H groups in total. The first-order chi connectivity index (χ1) is 15.5. The van der Waals surface area contributed by atoms with E-state index in [2.05, 4.69) is 49.5 Å². The van der Waals surface area contributed by atoms with Gasteiger partial charge in [0.1, 0.15) is 5.75 Å². The molecule has 176 valence electrons. The van der Waals surface area contributed by atoms with E-state index >= 15 is 0 Å². The van der Waals surface area contributed by atoms with E-state index in [4.69, 9.17) is 18.9 Å². The molecule has 0 aromatic heterocycles. The van der Waals surface area contributed by atoms with E-state index in [1.165, 1.54) is 11.1 Å². The fourth-order valence-corrected chi connectivity index (χ4v) is 4.73. The molecule has 0 aliphatic carbocycles. The van der Waals surface area contributed by atoms with Gasteiger partial charge in [-0.15, -0.1) is 0 Å². The molecule has 0 saturated carbocycles. The number of nitrogens with one attached hydrogen (secondary N) is 1. The van der Waals surface area contributed by atoms with Crippen LogP contribution in [0.25, 0.3) is 0 Å². The number of ether oxygens (including phenoxy) is 4. The lowest BCUT2D eigenvalue weighted by molar-refractivity contribution is -0.0473. The van der Waals surface area contributed by atoms with Crippen molar-refractivity contribution >= 4 is 0 Å². The zero-order valence-corrected chi connectivity index (χ0v) is 20.3. The lowest BCUT2D eigenvalue weighted by Crippen LogP contribution is -2.42. The molecule has 0 spiro atoms. The second-order valence-corrected chi connectivity index (χ2v) is 8.93. The monoisotopic (exact) mass is 441 g/mol. The Labute approximate surface area is 193 Å². The summed E-state index contributed by atoms with van der Waals surface area (Å²) in [4.78, 5) is 0. The number of rotatable bonds is 11. The van der Waals surface area contributed by atoms with Gasteiger partial charge in [0.05, 0.1) is 26.9 Å². The summed E-state index contributed by atoms with van der Waals surface area (Å²) in [5.74, 6) is 3.04. The zero-order chi connectivity index (χ0) is 23.0. The highest BCUT2D eigenvalue weighted by atomic mass is 16.5. The van der Waals surface area contributed by atoms with E-state index in [1.54, 1.807) is 14.2 Å². The fourth-order valence-electron chi connectivity index (χ4n) is 4.73. The molecule has 2 atom stereocenters. The molecule has 1 aliphatic heterocycles. The van der Waals surface area contributed by atoms with Gasteiger partial charge in [-0.2, -0.15) is 0 Å². The Morgan fingerprint density at radius 1 is 1.06 bits per heavy atom. The Morgan fingerprint density at radius 3 is 2.56 bits per heavy atom. The fraction of sp³-hybridized carbons (Fsp3) is 0.556. The van der Waals surface area contributed by atoms with Gasteiger partial charge in [-0.3, -0.25) is 0 Å². The van der Waals surface area contributed by atoms with Crippen LogP contribution in [-0.4, -0.2) is 40.1 Å². The van der Waals surface area contributed by atoms with Gasteiger partial charge in [-0.05, 0) is 62.4 Å². The first-order valence-corrected chi connectivity index (χ1v) is 11.8. The third-order valence-corrected chi connectivity index (χ3v) is 6.56. The van der Waals surface area contributed by atoms with Crippen molar-refractivity contribution in [3.8, 4) is 17.2 Å². The minimum atomic E-state index is 0.0449. The van der Waals surface area contributed by atoms with Gasteiger partial charge >= 0.3 is 0 Å². The van der Waals surface area contributed by atoms with Crippen LogP contribution in [0.5, 0.6) is 17.2 Å². The SMILES string of the molecule is CCOc1ccc(CNCC[C@@]2(c3ccccc3OC)CCO[C@H](C(C)C)C2)cc1OC. The summed E-state index contributed by atoms with van der Waals surface area (Å²) in [6.45, 7) is 9.60. The maximum atomic E-state index is 6.13. The molecule has 32 heavy (non-hydrogen) atoms. The third kappa shape index (κ3) is 5.76. The highest BCUT2D eigenvalue weighted by molar-refractivity contribution is 5.43. The summed E-state index contributed by atoms with van der Waals surface area (Å²) in [7, 11) is 3.45. The van der Waals surface area contributed by atoms with Crippen molar-refractivity contribution < 1.29 is 18.9 Å². The molecule has 3 rings (SSSR count). The molecule has 2 aromatic rings. The highest BCUT2D eigenvalue weighted by Crippen LogP contribution is 2.45. The Balaban J connectivity index is 1.71. The largest absolute Gasteiger partial charge is 0.496 e. The first-order valence-electron chi connectivity index (χ1n) is 11.8. The average molecular weight is 442 g/mol. The predicted octanol–water partition coefficient (Wildman–Crippen LogP) is 5.36. The number of hydrogen-bond donors (Lipinski definition) is 1. The molecule has 0 radical (unpaired) electrons. The summed E-state index contributed by atoms with van der Waals surface area (Å²) in [6, 6.07) is 14.6. The van der Waals surface area contributed by atoms with E-state index in [0.717, 1.165) is 56.2 Å². The van der Waals surface area contributed by atoms with Crippen LogP contribution in [0.2, 0.25) is 0 Å². The number of benzene rings is 2. The van der Waals surface area contributed by atoms with Crippen LogP contribution in [0.1, 0.15) is 51.2 Å². The molecule has 0 bridgehead atoms. The highest BCUT2D eigenvalue weighted by Gasteiger charge is 2.40. The molecule has 5 heteroatoms. The summed E-state index contributed by atoms with van der Waals surface area (Å²) in [5, 5.41) is 3.65. The van der Waals surface area contributed by atoms with Crippen molar-refractivity contribution in [1.82, 2.24) is 5.32 Å². The molecule has 1 aliphatic rings. The van der Waals surface area contributed by atoms with Crippen LogP contribution in [0, 0.1) is 5.92 Å². The maximum Gasteiger partial charge on any atom is 0.161 e. The second kappa shape index (κ2) is 11.6. The summed E-state index contributed by atoms with van der Waals surface area (Å²) in [6.07, 6.45) is 3.33. The Kier molecular flexibility index (Phi) is 8.83. The van der Waals surface area contributed by atoms with Crippen molar-refractivity contribution in [2.75, 3.05) is 34.0 Å². The van der Waals surface area contributed by atoms with Crippen LogP contribution in [0.3, 0.4) is 0 Å². The number of para-hydroxylation sites is 1. The number of methoxy groups -OCH3 is 2. The van der Waals surface area contributed by atoms with Crippen LogP contribution < -0.4 is 19.5 Å². The lowest BCUT2D eigenvalue weighted by Gasteiger charge is -2.43. The topological polar surface area (TPSA) is 49.0 Å². The van der Waals surface area contributed by atoms with Gasteiger partial charge in [0.15, 0.2) is 11.5 Å². The van der Waals surface area contributed by atoms with Gasteiger partial charge in [0, 0.05) is 24.1 Å². The van der Waals surface area contributed by atoms with Gasteiger partial charge < -0.3 is 24.3 Å². The summed E-state index contributed by atoms with van der Waals surface area (Å²) >= 11 is 0. The normalized spacial score (nSPS) is 20.9. The minimum absolute atomic E-state index is 0.0449. The van der Waals surface area contributed by atoms with Crippen molar-refractivity contribution in [2.45, 2.75) is 58.1 Å². The summed E-state index contributed by atoms with van der Waals surface area (Å²) in [5.41, 5.74) is 2.54. The predicted molar refractivity (Wildman–Crippen MR) is 129 cm³/mol. The number of hydrogen-bond acceptors (Lipinski definition) is 5. The Hall–Kier alpha value is -2.24. The van der Waals surface area contributed by atoms with Crippen LogP contribution in [-0.2, 0) is 16.7 Å². The molecule has 1 heterocycles. The lowest BCUT2D eigenvalue weighted by atomic mass is 9.68. The van der Waals surface area contributed by atoms with E-state index in [1.807, 2.05) is 19.1 Å². The maximum absolute atomic E-state index is 6.13. The molecule has 5 nitrogen and oxygen atoms in total. The van der Waals surface area contributed by atoms with Crippen LogP contribution >= 0.6 is 0 Å². The Morgan fingerprint density at radius 2 is 1.84 bits per heavy atom. The van der Waals surface area contributed by atoms with Crippen molar-refractivity contribution in [1.29, 1.82) is 0 Å².